The van der Waals surface area contributed by atoms with E-state index in [1.807, 2.05) is 29.2 Å². The summed E-state index contributed by atoms with van der Waals surface area (Å²) < 4.78 is 0. The maximum Gasteiger partial charge on any atom is 0.432 e. The average molecular weight is 534 g/mol. The molecule has 1 aromatic heterocycles. The number of anilines is 2. The van der Waals surface area contributed by atoms with Crippen molar-refractivity contribution >= 4 is 52.5 Å². The van der Waals surface area contributed by atoms with Gasteiger partial charge in [-0.25, -0.2) is 14.6 Å². The van der Waals surface area contributed by atoms with Crippen LogP contribution in [-0.4, -0.2) is 81.5 Å². The number of carboxylic acid groups (broad SMARTS) is 2. The number of piperazine rings is 1. The fourth-order valence-corrected chi connectivity index (χ4v) is 4.62. The van der Waals surface area contributed by atoms with Gasteiger partial charge in [-0.2, -0.15) is 4.99 Å². The lowest BCUT2D eigenvalue weighted by Gasteiger charge is -2.34. The Bertz CT molecular complexity index is 1110. The molecule has 1 saturated heterocycles. The third kappa shape index (κ3) is 11.0. The minimum absolute atomic E-state index is 0.108. The number of primary amides is 1. The highest BCUT2D eigenvalue weighted by molar-refractivity contribution is 7.15. The number of nitrogens with zero attached hydrogens (tertiary/aromatic N) is 4. The van der Waals surface area contributed by atoms with Crippen LogP contribution in [0.15, 0.2) is 29.3 Å². The number of amides is 4. The van der Waals surface area contributed by atoms with Gasteiger partial charge in [-0.3, -0.25) is 14.5 Å². The number of benzene rings is 1. The lowest BCUT2D eigenvalue weighted by Crippen LogP contribution is -2.47. The van der Waals surface area contributed by atoms with Crippen LogP contribution in [0, 0.1) is 0 Å². The highest BCUT2D eigenvalue weighted by Gasteiger charge is 2.21. The normalized spacial score (nSPS) is 13.5. The van der Waals surface area contributed by atoms with Gasteiger partial charge >= 0.3 is 12.2 Å². The van der Waals surface area contributed by atoms with Gasteiger partial charge in [0.2, 0.25) is 11.8 Å². The average Bonchev–Trinajstić information content (AvgIpc) is 3.18. The van der Waals surface area contributed by atoms with E-state index < -0.39 is 12.2 Å². The summed E-state index contributed by atoms with van der Waals surface area (Å²) in [7, 11) is 0. The molecule has 1 fully saturated rings. The summed E-state index contributed by atoms with van der Waals surface area (Å²) in [6.07, 6.45) is 0.0559. The molecule has 4 amide bonds. The second-order valence-corrected chi connectivity index (χ2v) is 9.16. The van der Waals surface area contributed by atoms with Gasteiger partial charge in [0.05, 0.1) is 12.0 Å². The molecular formula is C23H31N7O6S. The molecule has 0 bridgehead atoms. The first-order valence-corrected chi connectivity index (χ1v) is 12.2. The second-order valence-electron chi connectivity index (χ2n) is 8.07. The zero-order valence-corrected chi connectivity index (χ0v) is 21.5. The number of nitrogens with two attached hydrogens (primary N) is 1. The SMILES string of the molecule is CC(=O)Nc1nc(CCc2ccc(NC=NC(=O)O)cc2)c(CN2CCN(C(C)=O)CC2)s1.NC(=O)O. The zero-order valence-electron chi connectivity index (χ0n) is 20.6. The molecule has 0 aliphatic carbocycles. The Hall–Kier alpha value is -4.04. The maximum absolute atomic E-state index is 11.6. The quantitative estimate of drug-likeness (QED) is 0.250. The number of aliphatic imine (C=N–C) groups is 1. The van der Waals surface area contributed by atoms with E-state index >= 15 is 0 Å². The fraction of sp³-hybridized carbons (Fsp3) is 0.391. The number of thiazole rings is 1. The predicted molar refractivity (Wildman–Crippen MR) is 140 cm³/mol. The van der Waals surface area contributed by atoms with Gasteiger partial charge in [0, 0.05) is 57.1 Å². The fourth-order valence-electron chi connectivity index (χ4n) is 3.52. The number of hydrogen-bond acceptors (Lipinski definition) is 7. The van der Waals surface area contributed by atoms with Crippen LogP contribution in [0.1, 0.15) is 30.0 Å². The Labute approximate surface area is 218 Å². The van der Waals surface area contributed by atoms with Crippen LogP contribution in [0.5, 0.6) is 0 Å². The van der Waals surface area contributed by atoms with E-state index in [4.69, 9.17) is 15.0 Å². The topological polar surface area (TPSA) is 191 Å². The van der Waals surface area contributed by atoms with Gasteiger partial charge < -0.3 is 31.5 Å². The van der Waals surface area contributed by atoms with Crippen molar-refractivity contribution in [2.45, 2.75) is 33.2 Å². The summed E-state index contributed by atoms with van der Waals surface area (Å²) >= 11 is 1.50. The van der Waals surface area contributed by atoms with E-state index in [0.717, 1.165) is 73.7 Å². The van der Waals surface area contributed by atoms with Crippen LogP contribution >= 0.6 is 11.3 Å². The lowest BCUT2D eigenvalue weighted by atomic mass is 10.1. The van der Waals surface area contributed by atoms with Crippen molar-refractivity contribution in [1.29, 1.82) is 0 Å². The molecule has 0 saturated carbocycles. The lowest BCUT2D eigenvalue weighted by molar-refractivity contribution is -0.130. The molecule has 0 radical (unpaired) electrons. The van der Waals surface area contributed by atoms with Gasteiger partial charge in [-0.1, -0.05) is 12.1 Å². The molecule has 1 aromatic carbocycles. The summed E-state index contributed by atoms with van der Waals surface area (Å²) in [5.74, 6) is -0.0390. The van der Waals surface area contributed by atoms with Crippen LogP contribution in [0.4, 0.5) is 20.4 Å². The predicted octanol–water partition coefficient (Wildman–Crippen LogP) is 2.29. The number of aromatic nitrogens is 1. The molecule has 2 aromatic rings. The number of nitrogens with one attached hydrogen (secondary N) is 2. The smallest absolute Gasteiger partial charge is 0.432 e. The monoisotopic (exact) mass is 533 g/mol. The number of carbonyl (C=O) groups excluding carboxylic acids is 2. The highest BCUT2D eigenvalue weighted by Crippen LogP contribution is 2.26. The van der Waals surface area contributed by atoms with Crippen molar-refractivity contribution < 1.29 is 29.4 Å². The number of aryl methyl sites for hydroxylation is 2. The largest absolute Gasteiger partial charge is 0.465 e. The molecule has 13 nitrogen and oxygen atoms in total. The molecule has 14 heteroatoms. The van der Waals surface area contributed by atoms with E-state index in [2.05, 4.69) is 31.2 Å². The van der Waals surface area contributed by atoms with Gasteiger partial charge in [0.1, 0.15) is 0 Å². The molecule has 37 heavy (non-hydrogen) atoms. The van der Waals surface area contributed by atoms with E-state index in [1.165, 1.54) is 18.3 Å². The van der Waals surface area contributed by atoms with E-state index in [-0.39, 0.29) is 11.8 Å². The Morgan fingerprint density at radius 3 is 2.24 bits per heavy atom. The molecule has 1 aliphatic heterocycles. The minimum atomic E-state index is -1.33. The van der Waals surface area contributed by atoms with Gasteiger partial charge in [-0.15, -0.1) is 11.3 Å². The molecule has 0 spiro atoms. The minimum Gasteiger partial charge on any atom is -0.465 e. The molecule has 0 atom stereocenters. The summed E-state index contributed by atoms with van der Waals surface area (Å²) in [6.45, 7) is 6.88. The Morgan fingerprint density at radius 1 is 1.08 bits per heavy atom. The first-order valence-electron chi connectivity index (χ1n) is 11.4. The molecular weight excluding hydrogens is 502 g/mol. The van der Waals surface area contributed by atoms with Crippen molar-refractivity contribution in [3.05, 3.63) is 40.4 Å². The first-order chi connectivity index (χ1) is 17.5. The molecule has 0 unspecified atom stereocenters. The van der Waals surface area contributed by atoms with Crippen molar-refractivity contribution in [2.75, 3.05) is 36.8 Å². The molecule has 1 aliphatic rings. The standard InChI is InChI=1S/C22H28N6O4S.CH3NO2/c1-15(29)25-21-26-19(20(33-21)13-27-9-11-28(12-10-27)16(2)30)8-5-17-3-6-18(7-4-17)23-14-24-22(31)32;2-1(3)4/h3-4,6-7,14H,5,8-13H2,1-2H3,(H,23,24)(H,31,32)(H,25,26,29);2H2,(H,3,4). The Balaban J connectivity index is 0.00000112. The van der Waals surface area contributed by atoms with Crippen LogP contribution in [0.25, 0.3) is 0 Å². The van der Waals surface area contributed by atoms with Gasteiger partial charge in [0.15, 0.2) is 5.13 Å². The maximum atomic E-state index is 11.6. The van der Waals surface area contributed by atoms with E-state index in [9.17, 15) is 14.4 Å². The van der Waals surface area contributed by atoms with Crippen molar-refractivity contribution in [2.24, 2.45) is 10.7 Å². The van der Waals surface area contributed by atoms with Crippen molar-refractivity contribution in [3.8, 4) is 0 Å². The molecule has 2 heterocycles. The van der Waals surface area contributed by atoms with E-state index in [0.29, 0.717) is 5.13 Å². The van der Waals surface area contributed by atoms with Crippen LogP contribution in [0.3, 0.4) is 0 Å². The molecule has 6 N–H and O–H groups in total. The summed E-state index contributed by atoms with van der Waals surface area (Å²) in [5.41, 5.74) is 6.86. The first kappa shape index (κ1) is 29.2. The number of carbonyl (C=O) groups is 4. The highest BCUT2D eigenvalue weighted by atomic mass is 32.1. The van der Waals surface area contributed by atoms with Gasteiger partial charge in [0.25, 0.3) is 0 Å². The number of hydrogen-bond donors (Lipinski definition) is 5. The summed E-state index contributed by atoms with van der Waals surface area (Å²) in [6, 6.07) is 7.67. The van der Waals surface area contributed by atoms with Crippen LogP contribution in [-0.2, 0) is 29.0 Å². The van der Waals surface area contributed by atoms with E-state index in [1.54, 1.807) is 6.92 Å². The summed E-state index contributed by atoms with van der Waals surface area (Å²) in [4.78, 5) is 55.5. The van der Waals surface area contributed by atoms with Crippen molar-refractivity contribution in [3.63, 3.8) is 0 Å². The molecule has 3 rings (SSSR count). The van der Waals surface area contributed by atoms with Crippen LogP contribution < -0.4 is 16.4 Å². The second kappa shape index (κ2) is 14.5. The third-order valence-corrected chi connectivity index (χ3v) is 6.25. The third-order valence-electron chi connectivity index (χ3n) is 5.26. The summed E-state index contributed by atoms with van der Waals surface area (Å²) in [5, 5.41) is 21.9. The Kier molecular flexibility index (Phi) is 11.4. The van der Waals surface area contributed by atoms with Gasteiger partial charge in [-0.05, 0) is 30.5 Å². The van der Waals surface area contributed by atoms with Crippen LogP contribution in [0.2, 0.25) is 0 Å². The number of rotatable bonds is 8. The molecule has 200 valence electrons. The zero-order chi connectivity index (χ0) is 27.4. The van der Waals surface area contributed by atoms with Crippen molar-refractivity contribution in [1.82, 2.24) is 14.8 Å². The Morgan fingerprint density at radius 2 is 1.70 bits per heavy atom.